The molecule has 0 amide bonds. The molecule has 1 aliphatic rings. The molecule has 26 heavy (non-hydrogen) atoms. The zero-order valence-corrected chi connectivity index (χ0v) is 16.8. The Morgan fingerprint density at radius 2 is 2.04 bits per heavy atom. The number of guanidine groups is 1. The van der Waals surface area contributed by atoms with Crippen LogP contribution in [0.3, 0.4) is 0 Å². The topological polar surface area (TPSA) is 49.6 Å². The van der Waals surface area contributed by atoms with E-state index in [0.717, 1.165) is 56.8 Å². The molecule has 0 saturated heterocycles. The lowest BCUT2D eigenvalue weighted by Crippen LogP contribution is -2.42. The van der Waals surface area contributed by atoms with Gasteiger partial charge in [-0.25, -0.2) is 0 Å². The first-order chi connectivity index (χ1) is 12.6. The average Bonchev–Trinajstić information content (AvgIpc) is 2.64. The summed E-state index contributed by atoms with van der Waals surface area (Å²) in [5.74, 6) is 2.71. The minimum Gasteiger partial charge on any atom is -0.357 e. The Morgan fingerprint density at radius 3 is 2.73 bits per heavy atom. The Bertz CT molecular complexity index is 602. The Kier molecular flexibility index (Phi) is 8.72. The molecule has 5 nitrogen and oxygen atoms in total. The standard InChI is InChI=1S/C21H36N4O/c1-4-22-21(24(3)17-19-12-10-18(2)11-13-19)23-14-6-8-16-25-15-7-5-9-20(25)26/h5,7,9,15,18-19H,4,6,8,10-14,16-17H2,1-3H3,(H,22,23). The van der Waals surface area contributed by atoms with E-state index in [9.17, 15) is 4.79 Å². The summed E-state index contributed by atoms with van der Waals surface area (Å²) in [7, 11) is 2.16. The number of aryl methyl sites for hydroxylation is 1. The van der Waals surface area contributed by atoms with E-state index in [1.165, 1.54) is 25.7 Å². The molecule has 1 N–H and O–H groups in total. The number of unbranched alkanes of at least 4 members (excludes halogenated alkanes) is 1. The molecule has 0 aliphatic heterocycles. The zero-order chi connectivity index (χ0) is 18.8. The van der Waals surface area contributed by atoms with Gasteiger partial charge in [0.2, 0.25) is 5.56 Å². The van der Waals surface area contributed by atoms with E-state index < -0.39 is 0 Å². The lowest BCUT2D eigenvalue weighted by molar-refractivity contribution is 0.250. The zero-order valence-electron chi connectivity index (χ0n) is 16.8. The van der Waals surface area contributed by atoms with Gasteiger partial charge >= 0.3 is 0 Å². The number of hydrogen-bond acceptors (Lipinski definition) is 2. The maximum atomic E-state index is 11.7. The van der Waals surface area contributed by atoms with Crippen LogP contribution in [-0.2, 0) is 6.54 Å². The van der Waals surface area contributed by atoms with Crippen LogP contribution in [0.2, 0.25) is 0 Å². The summed E-state index contributed by atoms with van der Waals surface area (Å²) in [5.41, 5.74) is 0.0749. The molecule has 1 aliphatic carbocycles. The monoisotopic (exact) mass is 360 g/mol. The molecule has 1 aromatic heterocycles. The maximum Gasteiger partial charge on any atom is 0.250 e. The van der Waals surface area contributed by atoms with Crippen LogP contribution in [-0.4, -0.2) is 42.1 Å². The van der Waals surface area contributed by atoms with Crippen molar-refractivity contribution < 1.29 is 0 Å². The summed E-state index contributed by atoms with van der Waals surface area (Å²) in [4.78, 5) is 18.8. The highest BCUT2D eigenvalue weighted by atomic mass is 16.1. The number of nitrogens with zero attached hydrogens (tertiary/aromatic N) is 3. The van der Waals surface area contributed by atoms with Crippen LogP contribution in [0.1, 0.15) is 52.4 Å². The molecular formula is C21H36N4O. The van der Waals surface area contributed by atoms with Gasteiger partial charge in [0.05, 0.1) is 0 Å². The highest BCUT2D eigenvalue weighted by molar-refractivity contribution is 5.79. The second kappa shape index (κ2) is 11.0. The Morgan fingerprint density at radius 1 is 1.27 bits per heavy atom. The summed E-state index contributed by atoms with van der Waals surface area (Å²) in [6.07, 6.45) is 9.24. The Hall–Kier alpha value is -1.78. The number of nitrogens with one attached hydrogen (secondary N) is 1. The van der Waals surface area contributed by atoms with Gasteiger partial charge in [-0.2, -0.15) is 0 Å². The number of aromatic nitrogens is 1. The van der Waals surface area contributed by atoms with Crippen molar-refractivity contribution in [3.63, 3.8) is 0 Å². The third-order valence-electron chi connectivity index (χ3n) is 5.33. The van der Waals surface area contributed by atoms with Crippen molar-refractivity contribution in [1.82, 2.24) is 14.8 Å². The van der Waals surface area contributed by atoms with Crippen molar-refractivity contribution in [1.29, 1.82) is 0 Å². The fourth-order valence-corrected chi connectivity index (χ4v) is 3.68. The third-order valence-corrected chi connectivity index (χ3v) is 5.33. The minimum atomic E-state index is 0.0749. The average molecular weight is 361 g/mol. The smallest absolute Gasteiger partial charge is 0.250 e. The van der Waals surface area contributed by atoms with E-state index in [0.29, 0.717) is 0 Å². The van der Waals surface area contributed by atoms with Gasteiger partial charge in [0.1, 0.15) is 0 Å². The second-order valence-electron chi connectivity index (χ2n) is 7.68. The van der Waals surface area contributed by atoms with Crippen molar-refractivity contribution in [3.05, 3.63) is 34.7 Å². The predicted octanol–water partition coefficient (Wildman–Crippen LogP) is 3.35. The van der Waals surface area contributed by atoms with Crippen LogP contribution in [0.5, 0.6) is 0 Å². The van der Waals surface area contributed by atoms with Crippen LogP contribution in [0.4, 0.5) is 0 Å². The minimum absolute atomic E-state index is 0.0749. The van der Waals surface area contributed by atoms with E-state index in [-0.39, 0.29) is 5.56 Å². The van der Waals surface area contributed by atoms with E-state index in [1.54, 1.807) is 16.7 Å². The van der Waals surface area contributed by atoms with Gasteiger partial charge in [0.25, 0.3) is 0 Å². The second-order valence-corrected chi connectivity index (χ2v) is 7.68. The molecule has 0 radical (unpaired) electrons. The molecule has 0 unspecified atom stereocenters. The fraction of sp³-hybridized carbons (Fsp3) is 0.714. The molecule has 0 atom stereocenters. The molecule has 0 bridgehead atoms. The summed E-state index contributed by atoms with van der Waals surface area (Å²) in [5, 5.41) is 3.42. The van der Waals surface area contributed by atoms with Crippen molar-refractivity contribution in [2.75, 3.05) is 26.7 Å². The molecular weight excluding hydrogens is 324 g/mol. The van der Waals surface area contributed by atoms with Gasteiger partial charge in [0.15, 0.2) is 5.96 Å². The highest BCUT2D eigenvalue weighted by Crippen LogP contribution is 2.28. The first kappa shape index (κ1) is 20.5. The lowest BCUT2D eigenvalue weighted by atomic mass is 9.83. The number of hydrogen-bond donors (Lipinski definition) is 1. The van der Waals surface area contributed by atoms with Crippen LogP contribution in [0, 0.1) is 11.8 Å². The maximum absolute atomic E-state index is 11.7. The third kappa shape index (κ3) is 6.85. The van der Waals surface area contributed by atoms with Gasteiger partial charge in [0, 0.05) is 45.5 Å². The van der Waals surface area contributed by atoms with Gasteiger partial charge < -0.3 is 14.8 Å². The molecule has 1 heterocycles. The molecule has 1 fully saturated rings. The summed E-state index contributed by atoms with van der Waals surface area (Å²) in [6.45, 7) is 8.04. The van der Waals surface area contributed by atoms with Gasteiger partial charge in [-0.3, -0.25) is 9.79 Å². The fourth-order valence-electron chi connectivity index (χ4n) is 3.68. The highest BCUT2D eigenvalue weighted by Gasteiger charge is 2.20. The van der Waals surface area contributed by atoms with E-state index >= 15 is 0 Å². The molecule has 0 aromatic carbocycles. The number of rotatable bonds is 8. The normalized spacial score (nSPS) is 20.8. The van der Waals surface area contributed by atoms with Gasteiger partial charge in [-0.15, -0.1) is 0 Å². The summed E-state index contributed by atoms with van der Waals surface area (Å²) < 4.78 is 1.77. The largest absolute Gasteiger partial charge is 0.357 e. The molecule has 1 saturated carbocycles. The van der Waals surface area contributed by atoms with Gasteiger partial charge in [-0.05, 0) is 50.5 Å². The van der Waals surface area contributed by atoms with E-state index in [4.69, 9.17) is 4.99 Å². The Labute approximate surface area is 158 Å². The van der Waals surface area contributed by atoms with Crippen molar-refractivity contribution >= 4 is 5.96 Å². The first-order valence-corrected chi connectivity index (χ1v) is 10.2. The predicted molar refractivity (Wildman–Crippen MR) is 110 cm³/mol. The van der Waals surface area contributed by atoms with E-state index in [1.807, 2.05) is 12.3 Å². The molecule has 2 rings (SSSR count). The number of aliphatic imine (C=N–C) groups is 1. The van der Waals surface area contributed by atoms with Gasteiger partial charge in [-0.1, -0.05) is 25.8 Å². The molecule has 146 valence electrons. The summed E-state index contributed by atoms with van der Waals surface area (Å²) >= 11 is 0. The van der Waals surface area contributed by atoms with Crippen LogP contribution in [0.15, 0.2) is 34.2 Å². The van der Waals surface area contributed by atoms with Crippen molar-refractivity contribution in [3.8, 4) is 0 Å². The number of pyridine rings is 1. The first-order valence-electron chi connectivity index (χ1n) is 10.2. The molecule has 0 spiro atoms. The SMILES string of the molecule is CCNC(=NCCCCn1ccccc1=O)N(C)CC1CCC(C)CC1. The molecule has 5 heteroatoms. The van der Waals surface area contributed by atoms with Crippen molar-refractivity contribution in [2.45, 2.75) is 58.9 Å². The van der Waals surface area contributed by atoms with Crippen LogP contribution in [0.25, 0.3) is 0 Å². The van der Waals surface area contributed by atoms with E-state index in [2.05, 4.69) is 31.1 Å². The Balaban J connectivity index is 1.76. The van der Waals surface area contributed by atoms with Crippen molar-refractivity contribution in [2.24, 2.45) is 16.8 Å². The lowest BCUT2D eigenvalue weighted by Gasteiger charge is -2.31. The quantitative estimate of drug-likeness (QED) is 0.439. The summed E-state index contributed by atoms with van der Waals surface area (Å²) in [6, 6.07) is 5.31. The van der Waals surface area contributed by atoms with Crippen LogP contribution >= 0.6 is 0 Å². The molecule has 1 aromatic rings. The van der Waals surface area contributed by atoms with Crippen LogP contribution < -0.4 is 10.9 Å².